The van der Waals surface area contributed by atoms with E-state index in [0.29, 0.717) is 22.7 Å². The van der Waals surface area contributed by atoms with Crippen molar-refractivity contribution < 1.29 is 4.39 Å². The monoisotopic (exact) mass is 271 g/mol. The number of benzene rings is 1. The number of pyridine rings is 1. The van der Waals surface area contributed by atoms with Gasteiger partial charge in [-0.3, -0.25) is 0 Å². The number of imidazole rings is 1. The van der Waals surface area contributed by atoms with Gasteiger partial charge < -0.3 is 15.6 Å². The molecule has 2 aromatic heterocycles. The summed E-state index contributed by atoms with van der Waals surface area (Å²) in [6.07, 6.45) is 0. The molecule has 102 valence electrons. The molecule has 0 aliphatic rings. The van der Waals surface area contributed by atoms with E-state index in [-0.39, 0.29) is 0 Å². The molecule has 3 rings (SSSR count). The van der Waals surface area contributed by atoms with E-state index >= 15 is 0 Å². The lowest BCUT2D eigenvalue weighted by Crippen LogP contribution is -2.10. The molecule has 3 aromatic rings. The van der Waals surface area contributed by atoms with Crippen LogP contribution in [0, 0.1) is 5.82 Å². The van der Waals surface area contributed by atoms with Crippen LogP contribution in [-0.2, 0) is 0 Å². The van der Waals surface area contributed by atoms with E-state index in [1.807, 2.05) is 31.1 Å². The molecule has 3 N–H and O–H groups in total. The van der Waals surface area contributed by atoms with Crippen molar-refractivity contribution in [1.29, 1.82) is 0 Å². The summed E-state index contributed by atoms with van der Waals surface area (Å²) in [6, 6.07) is 8.29. The summed E-state index contributed by atoms with van der Waals surface area (Å²) in [6.45, 7) is 0. The first kappa shape index (κ1) is 12.4. The minimum absolute atomic E-state index is 0.378. The SMILES string of the molecule is CN(C)c1ccc2[nH]c(-c3ccc(N)cc3F)nc2n1. The van der Waals surface area contributed by atoms with Crippen molar-refractivity contribution in [1.82, 2.24) is 15.0 Å². The van der Waals surface area contributed by atoms with Crippen LogP contribution in [0.15, 0.2) is 30.3 Å². The zero-order valence-electron chi connectivity index (χ0n) is 11.2. The molecular formula is C14H14FN5. The van der Waals surface area contributed by atoms with Gasteiger partial charge in [0, 0.05) is 19.8 Å². The number of fused-ring (bicyclic) bond motifs is 1. The van der Waals surface area contributed by atoms with Crippen molar-refractivity contribution in [3.05, 3.63) is 36.1 Å². The highest BCUT2D eigenvalue weighted by molar-refractivity contribution is 5.78. The number of anilines is 2. The van der Waals surface area contributed by atoms with Gasteiger partial charge in [0.05, 0.1) is 11.1 Å². The first-order valence-corrected chi connectivity index (χ1v) is 6.14. The quantitative estimate of drug-likeness (QED) is 0.702. The van der Waals surface area contributed by atoms with Crippen molar-refractivity contribution in [2.45, 2.75) is 0 Å². The maximum absolute atomic E-state index is 13.9. The van der Waals surface area contributed by atoms with E-state index in [0.717, 1.165) is 11.3 Å². The third kappa shape index (κ3) is 2.05. The lowest BCUT2D eigenvalue weighted by molar-refractivity contribution is 0.631. The Kier molecular flexibility index (Phi) is 2.78. The molecule has 0 aliphatic heterocycles. The lowest BCUT2D eigenvalue weighted by atomic mass is 10.2. The van der Waals surface area contributed by atoms with Gasteiger partial charge in [-0.25, -0.2) is 14.4 Å². The van der Waals surface area contributed by atoms with Gasteiger partial charge in [-0.05, 0) is 30.3 Å². The summed E-state index contributed by atoms with van der Waals surface area (Å²) in [4.78, 5) is 13.7. The van der Waals surface area contributed by atoms with Crippen molar-refractivity contribution in [3.8, 4) is 11.4 Å². The van der Waals surface area contributed by atoms with Crippen LogP contribution in [-0.4, -0.2) is 29.0 Å². The number of nitrogens with one attached hydrogen (secondary N) is 1. The zero-order chi connectivity index (χ0) is 14.3. The summed E-state index contributed by atoms with van der Waals surface area (Å²) in [5, 5.41) is 0. The Labute approximate surface area is 115 Å². The number of halogens is 1. The smallest absolute Gasteiger partial charge is 0.180 e. The van der Waals surface area contributed by atoms with E-state index < -0.39 is 5.82 Å². The molecule has 0 saturated heterocycles. The third-order valence-corrected chi connectivity index (χ3v) is 3.04. The van der Waals surface area contributed by atoms with Gasteiger partial charge in [-0.15, -0.1) is 0 Å². The number of nitrogens with zero attached hydrogens (tertiary/aromatic N) is 3. The molecular weight excluding hydrogens is 257 g/mol. The second kappa shape index (κ2) is 4.48. The Morgan fingerprint density at radius 1 is 1.15 bits per heavy atom. The van der Waals surface area contributed by atoms with E-state index in [1.165, 1.54) is 6.07 Å². The van der Waals surface area contributed by atoms with Crippen LogP contribution in [0.3, 0.4) is 0 Å². The van der Waals surface area contributed by atoms with Gasteiger partial charge in [0.15, 0.2) is 5.65 Å². The number of hydrogen-bond acceptors (Lipinski definition) is 4. The highest BCUT2D eigenvalue weighted by Gasteiger charge is 2.11. The maximum atomic E-state index is 13.9. The molecule has 0 radical (unpaired) electrons. The fourth-order valence-electron chi connectivity index (χ4n) is 1.98. The second-order valence-corrected chi connectivity index (χ2v) is 4.76. The summed E-state index contributed by atoms with van der Waals surface area (Å²) in [5.41, 5.74) is 7.63. The third-order valence-electron chi connectivity index (χ3n) is 3.04. The Hall–Kier alpha value is -2.63. The number of H-pyrrole nitrogens is 1. The number of hydrogen-bond donors (Lipinski definition) is 2. The fraction of sp³-hybridized carbons (Fsp3) is 0.143. The molecule has 1 aromatic carbocycles. The molecule has 0 fully saturated rings. The van der Waals surface area contributed by atoms with Crippen molar-refractivity contribution in [3.63, 3.8) is 0 Å². The molecule has 0 saturated carbocycles. The van der Waals surface area contributed by atoms with Crippen LogP contribution in [0.5, 0.6) is 0 Å². The summed E-state index contributed by atoms with van der Waals surface area (Å²) < 4.78 is 13.9. The minimum atomic E-state index is -0.406. The first-order valence-electron chi connectivity index (χ1n) is 6.14. The largest absolute Gasteiger partial charge is 0.399 e. The molecule has 0 aliphatic carbocycles. The van der Waals surface area contributed by atoms with Crippen LogP contribution >= 0.6 is 0 Å². The van der Waals surface area contributed by atoms with Crippen molar-refractivity contribution >= 4 is 22.7 Å². The number of nitrogen functional groups attached to an aromatic ring is 1. The van der Waals surface area contributed by atoms with Gasteiger partial charge in [-0.2, -0.15) is 0 Å². The van der Waals surface area contributed by atoms with Gasteiger partial charge in [0.25, 0.3) is 0 Å². The van der Waals surface area contributed by atoms with E-state index in [2.05, 4.69) is 15.0 Å². The average Bonchev–Trinajstić information content (AvgIpc) is 2.80. The Morgan fingerprint density at radius 3 is 2.65 bits per heavy atom. The molecule has 20 heavy (non-hydrogen) atoms. The number of aromatic amines is 1. The predicted molar refractivity (Wildman–Crippen MR) is 78.0 cm³/mol. The van der Waals surface area contributed by atoms with Crippen LogP contribution in [0.2, 0.25) is 0 Å². The molecule has 2 heterocycles. The zero-order valence-corrected chi connectivity index (χ0v) is 11.2. The normalized spacial score (nSPS) is 10.9. The molecule has 6 heteroatoms. The van der Waals surface area contributed by atoms with E-state index in [4.69, 9.17) is 5.73 Å². The second-order valence-electron chi connectivity index (χ2n) is 4.76. The van der Waals surface area contributed by atoms with Crippen molar-refractivity contribution in [2.24, 2.45) is 0 Å². The summed E-state index contributed by atoms with van der Waals surface area (Å²) in [7, 11) is 3.81. The summed E-state index contributed by atoms with van der Waals surface area (Å²) >= 11 is 0. The van der Waals surface area contributed by atoms with Gasteiger partial charge in [-0.1, -0.05) is 0 Å². The highest BCUT2D eigenvalue weighted by atomic mass is 19.1. The Bertz CT molecular complexity index is 778. The van der Waals surface area contributed by atoms with Gasteiger partial charge in [0.2, 0.25) is 0 Å². The average molecular weight is 271 g/mol. The first-order chi connectivity index (χ1) is 9.54. The molecule has 0 amide bonds. The number of nitrogens with two attached hydrogens (primary N) is 1. The van der Waals surface area contributed by atoms with Gasteiger partial charge >= 0.3 is 0 Å². The Morgan fingerprint density at radius 2 is 1.95 bits per heavy atom. The number of aromatic nitrogens is 3. The molecule has 0 unspecified atom stereocenters. The minimum Gasteiger partial charge on any atom is -0.399 e. The molecule has 0 bridgehead atoms. The fourth-order valence-corrected chi connectivity index (χ4v) is 1.98. The maximum Gasteiger partial charge on any atom is 0.180 e. The summed E-state index contributed by atoms with van der Waals surface area (Å²) in [5.74, 6) is 0.839. The standard InChI is InChI=1S/C14H14FN5/c1-20(2)12-6-5-11-14(18-12)19-13(17-11)9-4-3-8(16)7-10(9)15/h3-7H,16H2,1-2H3,(H,17,18,19). The van der Waals surface area contributed by atoms with E-state index in [9.17, 15) is 4.39 Å². The Balaban J connectivity index is 2.13. The van der Waals surface area contributed by atoms with Crippen LogP contribution < -0.4 is 10.6 Å². The predicted octanol–water partition coefficient (Wildman–Crippen LogP) is 2.41. The molecule has 5 nitrogen and oxygen atoms in total. The number of rotatable bonds is 2. The lowest BCUT2D eigenvalue weighted by Gasteiger charge is -2.09. The topological polar surface area (TPSA) is 70.8 Å². The van der Waals surface area contributed by atoms with Crippen LogP contribution in [0.25, 0.3) is 22.6 Å². The van der Waals surface area contributed by atoms with Gasteiger partial charge in [0.1, 0.15) is 17.5 Å². The van der Waals surface area contributed by atoms with Crippen LogP contribution in [0.4, 0.5) is 15.9 Å². The van der Waals surface area contributed by atoms with Crippen molar-refractivity contribution in [2.75, 3.05) is 24.7 Å². The van der Waals surface area contributed by atoms with Crippen LogP contribution in [0.1, 0.15) is 0 Å². The van der Waals surface area contributed by atoms with E-state index in [1.54, 1.807) is 12.1 Å². The highest BCUT2D eigenvalue weighted by Crippen LogP contribution is 2.24. The molecule has 0 atom stereocenters. The molecule has 0 spiro atoms.